The fourth-order valence-electron chi connectivity index (χ4n) is 1.60. The van der Waals surface area contributed by atoms with E-state index in [1.807, 2.05) is 6.92 Å². The average molecular weight is 197 g/mol. The summed E-state index contributed by atoms with van der Waals surface area (Å²) in [5.41, 5.74) is 0.984. The summed E-state index contributed by atoms with van der Waals surface area (Å²) >= 11 is 0. The molecule has 1 unspecified atom stereocenters. The highest BCUT2D eigenvalue weighted by molar-refractivity contribution is 6.07. The van der Waals surface area contributed by atoms with Gasteiger partial charge in [-0.25, -0.2) is 4.79 Å². The zero-order valence-corrected chi connectivity index (χ0v) is 8.96. The summed E-state index contributed by atoms with van der Waals surface area (Å²) in [5.74, 6) is -0.476. The quantitative estimate of drug-likeness (QED) is 0.613. The fraction of sp³-hybridized carbons (Fsp3) is 0.600. The van der Waals surface area contributed by atoms with Gasteiger partial charge in [-0.2, -0.15) is 0 Å². The summed E-state index contributed by atoms with van der Waals surface area (Å²) in [6.07, 6.45) is 0. The van der Waals surface area contributed by atoms with E-state index < -0.39 is 0 Å². The molecule has 0 radical (unpaired) electrons. The number of amides is 1. The van der Waals surface area contributed by atoms with Crippen LogP contribution in [0, 0.1) is 0 Å². The maximum Gasteiger partial charge on any atom is 0.336 e. The van der Waals surface area contributed by atoms with Gasteiger partial charge in [0.1, 0.15) is 0 Å². The van der Waals surface area contributed by atoms with Crippen molar-refractivity contribution >= 4 is 11.9 Å². The van der Waals surface area contributed by atoms with Gasteiger partial charge >= 0.3 is 5.97 Å². The second kappa shape index (κ2) is 3.82. The molecule has 1 rings (SSSR count). The summed E-state index contributed by atoms with van der Waals surface area (Å²) in [6.45, 7) is 5.56. The topological polar surface area (TPSA) is 46.6 Å². The molecule has 0 aromatic rings. The van der Waals surface area contributed by atoms with Crippen molar-refractivity contribution in [3.8, 4) is 0 Å². The standard InChI is InChI=1S/C10H15NO3/c1-5-14-10(13)8-6(2)9(12)11(4)7(8)3/h7H,5H2,1-4H3. The van der Waals surface area contributed by atoms with Crippen LogP contribution in [-0.2, 0) is 14.3 Å². The van der Waals surface area contributed by atoms with E-state index in [1.54, 1.807) is 25.8 Å². The molecule has 1 atom stereocenters. The molecule has 0 aromatic heterocycles. The Balaban J connectivity index is 2.97. The Kier molecular flexibility index (Phi) is 2.93. The van der Waals surface area contributed by atoms with E-state index in [0.717, 1.165) is 0 Å². The molecule has 14 heavy (non-hydrogen) atoms. The van der Waals surface area contributed by atoms with E-state index in [1.165, 1.54) is 0 Å². The van der Waals surface area contributed by atoms with Gasteiger partial charge in [0.15, 0.2) is 0 Å². The molecule has 1 aliphatic heterocycles. The van der Waals surface area contributed by atoms with Crippen LogP contribution in [0.1, 0.15) is 20.8 Å². The Morgan fingerprint density at radius 1 is 1.57 bits per heavy atom. The first kappa shape index (κ1) is 10.8. The van der Waals surface area contributed by atoms with Crippen molar-refractivity contribution in [1.29, 1.82) is 0 Å². The highest BCUT2D eigenvalue weighted by atomic mass is 16.5. The lowest BCUT2D eigenvalue weighted by Gasteiger charge is -2.17. The number of hydrogen-bond acceptors (Lipinski definition) is 3. The molecule has 4 nitrogen and oxygen atoms in total. The molecule has 1 heterocycles. The smallest absolute Gasteiger partial charge is 0.336 e. The van der Waals surface area contributed by atoms with E-state index in [0.29, 0.717) is 17.8 Å². The van der Waals surface area contributed by atoms with E-state index in [4.69, 9.17) is 4.74 Å². The molecule has 1 aliphatic rings. The number of ether oxygens (including phenoxy) is 1. The van der Waals surface area contributed by atoms with Crippen LogP contribution < -0.4 is 0 Å². The summed E-state index contributed by atoms with van der Waals surface area (Å²) in [5, 5.41) is 0. The highest BCUT2D eigenvalue weighted by Gasteiger charge is 2.35. The molecule has 0 spiro atoms. The molecule has 0 fully saturated rings. The van der Waals surface area contributed by atoms with E-state index in [-0.39, 0.29) is 17.9 Å². The predicted molar refractivity (Wildman–Crippen MR) is 51.6 cm³/mol. The van der Waals surface area contributed by atoms with Crippen LogP contribution in [0.3, 0.4) is 0 Å². The van der Waals surface area contributed by atoms with Crippen molar-refractivity contribution in [2.75, 3.05) is 13.7 Å². The second-order valence-corrected chi connectivity index (χ2v) is 3.35. The molecule has 0 aliphatic carbocycles. The number of carbonyl (C=O) groups excluding carboxylic acids is 2. The van der Waals surface area contributed by atoms with Gasteiger partial charge in [0.2, 0.25) is 5.91 Å². The SMILES string of the molecule is CCOC(=O)C1=C(C)C(=O)N(C)C1C. The number of hydrogen-bond donors (Lipinski definition) is 0. The summed E-state index contributed by atoms with van der Waals surface area (Å²) in [6, 6.07) is -0.179. The first-order valence-electron chi connectivity index (χ1n) is 4.65. The van der Waals surface area contributed by atoms with E-state index in [2.05, 4.69) is 0 Å². The fourth-order valence-corrected chi connectivity index (χ4v) is 1.60. The maximum absolute atomic E-state index is 11.5. The third-order valence-electron chi connectivity index (χ3n) is 2.54. The Morgan fingerprint density at radius 3 is 2.50 bits per heavy atom. The van der Waals surface area contributed by atoms with Gasteiger partial charge in [0.25, 0.3) is 0 Å². The van der Waals surface area contributed by atoms with Crippen molar-refractivity contribution in [3.05, 3.63) is 11.1 Å². The molecular weight excluding hydrogens is 182 g/mol. The summed E-state index contributed by atoms with van der Waals surface area (Å²) < 4.78 is 4.89. The van der Waals surface area contributed by atoms with Gasteiger partial charge in [-0.15, -0.1) is 0 Å². The molecular formula is C10H15NO3. The van der Waals surface area contributed by atoms with E-state index in [9.17, 15) is 9.59 Å². The van der Waals surface area contributed by atoms with Gasteiger partial charge in [0, 0.05) is 12.6 Å². The molecule has 0 saturated carbocycles. The summed E-state index contributed by atoms with van der Waals surface area (Å²) in [7, 11) is 1.68. The van der Waals surface area contributed by atoms with Crippen molar-refractivity contribution in [1.82, 2.24) is 4.90 Å². The first-order valence-corrected chi connectivity index (χ1v) is 4.65. The largest absolute Gasteiger partial charge is 0.463 e. The third-order valence-corrected chi connectivity index (χ3v) is 2.54. The van der Waals surface area contributed by atoms with Crippen LogP contribution in [0.25, 0.3) is 0 Å². The highest BCUT2D eigenvalue weighted by Crippen LogP contribution is 2.24. The number of carbonyl (C=O) groups is 2. The lowest BCUT2D eigenvalue weighted by molar-refractivity contribution is -0.139. The van der Waals surface area contributed by atoms with Crippen LogP contribution in [0.4, 0.5) is 0 Å². The molecule has 1 amide bonds. The van der Waals surface area contributed by atoms with Crippen molar-refractivity contribution in [2.24, 2.45) is 0 Å². The molecule has 0 saturated heterocycles. The van der Waals surface area contributed by atoms with Gasteiger partial charge in [-0.1, -0.05) is 0 Å². The molecule has 0 N–H and O–H groups in total. The van der Waals surface area contributed by atoms with Crippen molar-refractivity contribution < 1.29 is 14.3 Å². The zero-order valence-electron chi connectivity index (χ0n) is 8.96. The third kappa shape index (κ3) is 1.52. The lowest BCUT2D eigenvalue weighted by Crippen LogP contribution is -2.30. The van der Waals surface area contributed by atoms with Gasteiger partial charge in [-0.05, 0) is 20.8 Å². The maximum atomic E-state index is 11.5. The van der Waals surface area contributed by atoms with Crippen LogP contribution in [0.2, 0.25) is 0 Å². The van der Waals surface area contributed by atoms with Crippen molar-refractivity contribution in [3.63, 3.8) is 0 Å². The van der Waals surface area contributed by atoms with Crippen LogP contribution in [-0.4, -0.2) is 36.5 Å². The Bertz CT molecular complexity index is 306. The normalized spacial score (nSPS) is 21.9. The monoisotopic (exact) mass is 197 g/mol. The minimum absolute atomic E-state index is 0.0967. The zero-order chi connectivity index (χ0) is 10.9. The number of esters is 1. The first-order chi connectivity index (χ1) is 6.50. The second-order valence-electron chi connectivity index (χ2n) is 3.35. The summed E-state index contributed by atoms with van der Waals surface area (Å²) in [4.78, 5) is 24.5. The van der Waals surface area contributed by atoms with E-state index >= 15 is 0 Å². The van der Waals surface area contributed by atoms with Gasteiger partial charge < -0.3 is 9.64 Å². The molecule has 4 heteroatoms. The Labute approximate surface area is 83.5 Å². The van der Waals surface area contributed by atoms with Crippen LogP contribution in [0.5, 0.6) is 0 Å². The van der Waals surface area contributed by atoms with Crippen molar-refractivity contribution in [2.45, 2.75) is 26.8 Å². The van der Waals surface area contributed by atoms with Gasteiger partial charge in [-0.3, -0.25) is 4.79 Å². The van der Waals surface area contributed by atoms with Gasteiger partial charge in [0.05, 0.1) is 18.2 Å². The minimum Gasteiger partial charge on any atom is -0.463 e. The predicted octanol–water partition coefficient (Wildman–Crippen LogP) is 0.726. The minimum atomic E-state index is -0.379. The number of likely N-dealkylation sites (N-methyl/N-ethyl adjacent to an activating group) is 1. The Morgan fingerprint density at radius 2 is 2.14 bits per heavy atom. The van der Waals surface area contributed by atoms with Crippen LogP contribution >= 0.6 is 0 Å². The molecule has 78 valence electrons. The lowest BCUT2D eigenvalue weighted by atomic mass is 10.1. The molecule has 0 bridgehead atoms. The number of rotatable bonds is 2. The number of nitrogens with zero attached hydrogens (tertiary/aromatic N) is 1. The molecule has 0 aromatic carbocycles. The Hall–Kier alpha value is -1.32. The van der Waals surface area contributed by atoms with Crippen LogP contribution in [0.15, 0.2) is 11.1 Å². The average Bonchev–Trinajstić information content (AvgIpc) is 2.32.